The summed E-state index contributed by atoms with van der Waals surface area (Å²) >= 11 is 0. The van der Waals surface area contributed by atoms with Crippen molar-refractivity contribution in [2.75, 3.05) is 0 Å². The van der Waals surface area contributed by atoms with Crippen molar-refractivity contribution in [3.05, 3.63) is 52.7 Å². The number of hydrogen-bond donors (Lipinski definition) is 1. The van der Waals surface area contributed by atoms with Gasteiger partial charge in [0.1, 0.15) is 12.4 Å². The first-order chi connectivity index (χ1) is 12.4. The quantitative estimate of drug-likeness (QED) is 0.484. The van der Waals surface area contributed by atoms with E-state index in [1.54, 1.807) is 0 Å². The van der Waals surface area contributed by atoms with Crippen LogP contribution in [0.1, 0.15) is 42.0 Å². The SMILES string of the molecule is O=C(NC1CCCC1)c1ccc(COc2c(F)c(F)c(F)c(F)c2F)o1. The third kappa shape index (κ3) is 3.51. The Bertz CT molecular complexity index is 801. The highest BCUT2D eigenvalue weighted by atomic mass is 19.2. The molecule has 4 nitrogen and oxygen atoms in total. The van der Waals surface area contributed by atoms with Crippen molar-refractivity contribution in [2.24, 2.45) is 0 Å². The molecular weight excluding hydrogens is 361 g/mol. The van der Waals surface area contributed by atoms with Gasteiger partial charge in [0.25, 0.3) is 5.91 Å². The molecule has 0 aliphatic heterocycles. The van der Waals surface area contributed by atoms with Crippen LogP contribution in [0.15, 0.2) is 16.5 Å². The molecule has 0 atom stereocenters. The first-order valence-electron chi connectivity index (χ1n) is 7.92. The molecule has 26 heavy (non-hydrogen) atoms. The smallest absolute Gasteiger partial charge is 0.287 e. The highest BCUT2D eigenvalue weighted by Gasteiger charge is 2.27. The van der Waals surface area contributed by atoms with E-state index in [0.29, 0.717) is 0 Å². The summed E-state index contributed by atoms with van der Waals surface area (Å²) in [4.78, 5) is 12.0. The van der Waals surface area contributed by atoms with Crippen LogP contribution < -0.4 is 10.1 Å². The van der Waals surface area contributed by atoms with Gasteiger partial charge in [-0.05, 0) is 25.0 Å². The summed E-state index contributed by atoms with van der Waals surface area (Å²) in [7, 11) is 0. The summed E-state index contributed by atoms with van der Waals surface area (Å²) in [6, 6.07) is 2.72. The lowest BCUT2D eigenvalue weighted by Crippen LogP contribution is -2.32. The fourth-order valence-corrected chi connectivity index (χ4v) is 2.76. The van der Waals surface area contributed by atoms with Gasteiger partial charge in [0.15, 0.2) is 11.5 Å². The molecule has 1 heterocycles. The Morgan fingerprint density at radius 2 is 1.58 bits per heavy atom. The maximum absolute atomic E-state index is 13.5. The first kappa shape index (κ1) is 18.2. The van der Waals surface area contributed by atoms with Crippen molar-refractivity contribution in [1.29, 1.82) is 0 Å². The molecule has 0 saturated heterocycles. The van der Waals surface area contributed by atoms with Crippen molar-refractivity contribution in [2.45, 2.75) is 38.3 Å². The van der Waals surface area contributed by atoms with E-state index < -0.39 is 47.3 Å². The van der Waals surface area contributed by atoms with Crippen molar-refractivity contribution in [1.82, 2.24) is 5.32 Å². The van der Waals surface area contributed by atoms with Gasteiger partial charge in [0, 0.05) is 6.04 Å². The molecule has 1 amide bonds. The Morgan fingerprint density at radius 3 is 2.19 bits per heavy atom. The Morgan fingerprint density at radius 1 is 1.00 bits per heavy atom. The lowest BCUT2D eigenvalue weighted by Gasteiger charge is -2.10. The third-order valence-electron chi connectivity index (χ3n) is 4.10. The Kier molecular flexibility index (Phi) is 5.15. The number of carbonyl (C=O) groups excluding carboxylic acids is 1. The molecule has 1 saturated carbocycles. The number of rotatable bonds is 5. The number of carbonyl (C=O) groups is 1. The predicted octanol–water partition coefficient (Wildman–Crippen LogP) is 4.23. The number of nitrogens with one attached hydrogen (secondary N) is 1. The van der Waals surface area contributed by atoms with E-state index in [0.717, 1.165) is 25.7 Å². The van der Waals surface area contributed by atoms with Crippen LogP contribution in [-0.2, 0) is 6.61 Å². The van der Waals surface area contributed by atoms with Crippen LogP contribution in [0.2, 0.25) is 0 Å². The van der Waals surface area contributed by atoms with Crippen LogP contribution >= 0.6 is 0 Å². The van der Waals surface area contributed by atoms with Crippen LogP contribution in [0.4, 0.5) is 22.0 Å². The van der Waals surface area contributed by atoms with Crippen LogP contribution in [-0.4, -0.2) is 11.9 Å². The van der Waals surface area contributed by atoms with Crippen LogP contribution in [0.5, 0.6) is 5.75 Å². The second kappa shape index (κ2) is 7.35. The average Bonchev–Trinajstić information content (AvgIpc) is 3.30. The van der Waals surface area contributed by atoms with Crippen molar-refractivity contribution in [3.63, 3.8) is 0 Å². The topological polar surface area (TPSA) is 51.5 Å². The van der Waals surface area contributed by atoms with E-state index in [9.17, 15) is 26.7 Å². The van der Waals surface area contributed by atoms with Crippen molar-refractivity contribution in [3.8, 4) is 5.75 Å². The molecule has 1 aromatic carbocycles. The van der Waals surface area contributed by atoms with Crippen LogP contribution in [0, 0.1) is 29.1 Å². The number of halogens is 5. The Hall–Kier alpha value is -2.58. The van der Waals surface area contributed by atoms with E-state index in [1.165, 1.54) is 12.1 Å². The second-order valence-corrected chi connectivity index (χ2v) is 5.91. The minimum atomic E-state index is -2.27. The number of furan rings is 1. The largest absolute Gasteiger partial charge is 0.479 e. The van der Waals surface area contributed by atoms with E-state index in [-0.39, 0.29) is 17.6 Å². The van der Waals surface area contributed by atoms with E-state index in [2.05, 4.69) is 10.1 Å². The Labute approximate surface area is 144 Å². The van der Waals surface area contributed by atoms with Crippen LogP contribution in [0.3, 0.4) is 0 Å². The van der Waals surface area contributed by atoms with Gasteiger partial charge in [0.2, 0.25) is 29.1 Å². The summed E-state index contributed by atoms with van der Waals surface area (Å²) < 4.78 is 76.1. The average molecular weight is 375 g/mol. The normalized spacial score (nSPS) is 14.7. The molecule has 1 fully saturated rings. The van der Waals surface area contributed by atoms with Gasteiger partial charge in [-0.3, -0.25) is 4.79 Å². The highest BCUT2D eigenvalue weighted by molar-refractivity contribution is 5.91. The fourth-order valence-electron chi connectivity index (χ4n) is 2.76. The van der Waals surface area contributed by atoms with Crippen molar-refractivity contribution < 1.29 is 35.9 Å². The summed E-state index contributed by atoms with van der Waals surface area (Å²) in [6.45, 7) is -0.616. The van der Waals surface area contributed by atoms with Gasteiger partial charge in [-0.2, -0.15) is 8.78 Å². The molecule has 3 rings (SSSR count). The molecule has 0 spiro atoms. The second-order valence-electron chi connectivity index (χ2n) is 5.91. The molecule has 1 aromatic heterocycles. The molecule has 0 unspecified atom stereocenters. The monoisotopic (exact) mass is 375 g/mol. The maximum atomic E-state index is 13.5. The van der Waals surface area contributed by atoms with Gasteiger partial charge < -0.3 is 14.5 Å². The standard InChI is InChI=1S/C17H14F5NO3/c18-11-12(19)14(21)16(15(22)13(11)20)25-7-9-5-6-10(26-9)17(24)23-8-3-1-2-4-8/h5-6,8H,1-4,7H2,(H,23,24). The number of benzene rings is 1. The zero-order valence-corrected chi connectivity index (χ0v) is 13.4. The lowest BCUT2D eigenvalue weighted by atomic mass is 10.2. The number of ether oxygens (including phenoxy) is 1. The van der Waals surface area contributed by atoms with Crippen molar-refractivity contribution >= 4 is 5.91 Å². The van der Waals surface area contributed by atoms with E-state index >= 15 is 0 Å². The minimum Gasteiger partial charge on any atom is -0.479 e. The van der Waals surface area contributed by atoms with Gasteiger partial charge in [-0.25, -0.2) is 13.2 Å². The van der Waals surface area contributed by atoms with E-state index in [4.69, 9.17) is 4.42 Å². The molecule has 1 N–H and O–H groups in total. The summed E-state index contributed by atoms with van der Waals surface area (Å²) in [5, 5.41) is 2.79. The summed E-state index contributed by atoms with van der Waals surface area (Å²) in [5.41, 5.74) is 0. The molecular formula is C17H14F5NO3. The van der Waals surface area contributed by atoms with E-state index in [1.807, 2.05) is 0 Å². The fraction of sp³-hybridized carbons (Fsp3) is 0.353. The van der Waals surface area contributed by atoms with Gasteiger partial charge >= 0.3 is 0 Å². The van der Waals surface area contributed by atoms with Gasteiger partial charge in [0.05, 0.1) is 0 Å². The number of hydrogen-bond acceptors (Lipinski definition) is 3. The zero-order valence-electron chi connectivity index (χ0n) is 13.4. The maximum Gasteiger partial charge on any atom is 0.287 e. The van der Waals surface area contributed by atoms with Gasteiger partial charge in [-0.1, -0.05) is 12.8 Å². The van der Waals surface area contributed by atoms with Gasteiger partial charge in [-0.15, -0.1) is 0 Å². The lowest BCUT2D eigenvalue weighted by molar-refractivity contribution is 0.0905. The first-order valence-corrected chi connectivity index (χ1v) is 7.92. The summed E-state index contributed by atoms with van der Waals surface area (Å²) in [6.07, 6.45) is 3.82. The number of amides is 1. The molecule has 1 aliphatic carbocycles. The molecule has 140 valence electrons. The molecule has 0 radical (unpaired) electrons. The minimum absolute atomic E-state index is 0.00878. The Balaban J connectivity index is 1.68. The molecule has 2 aromatic rings. The molecule has 0 bridgehead atoms. The van der Waals surface area contributed by atoms with Crippen LogP contribution in [0.25, 0.3) is 0 Å². The predicted molar refractivity (Wildman–Crippen MR) is 79.0 cm³/mol. The highest BCUT2D eigenvalue weighted by Crippen LogP contribution is 2.29. The molecule has 1 aliphatic rings. The third-order valence-corrected chi connectivity index (χ3v) is 4.10. The molecule has 9 heteroatoms. The summed E-state index contributed by atoms with van der Waals surface area (Å²) in [5.74, 6) is -12.5. The zero-order chi connectivity index (χ0) is 18.8.